The van der Waals surface area contributed by atoms with Crippen molar-refractivity contribution in [3.05, 3.63) is 27.9 Å². The van der Waals surface area contributed by atoms with Gasteiger partial charge in [-0.1, -0.05) is 13.3 Å². The Labute approximate surface area is 161 Å². The van der Waals surface area contributed by atoms with E-state index in [1.807, 2.05) is 9.47 Å². The number of rotatable bonds is 3. The summed E-state index contributed by atoms with van der Waals surface area (Å²) in [7, 11) is 0. The highest BCUT2D eigenvalue weighted by molar-refractivity contribution is 5.78. The van der Waals surface area contributed by atoms with Gasteiger partial charge in [0.1, 0.15) is 5.82 Å². The van der Waals surface area contributed by atoms with Crippen molar-refractivity contribution in [1.29, 1.82) is 0 Å². The third kappa shape index (κ3) is 4.26. The summed E-state index contributed by atoms with van der Waals surface area (Å²) in [4.78, 5) is 34.3. The number of aryl methyl sites for hydroxylation is 1. The minimum atomic E-state index is 0.105. The molecule has 0 N–H and O–H groups in total. The van der Waals surface area contributed by atoms with Gasteiger partial charge in [-0.25, -0.2) is 4.98 Å². The Kier molecular flexibility index (Phi) is 5.62. The highest BCUT2D eigenvalue weighted by atomic mass is 16.2. The molecular weight excluding hydrogens is 340 g/mol. The average molecular weight is 373 g/mol. The van der Waals surface area contributed by atoms with Crippen molar-refractivity contribution in [2.24, 2.45) is 5.92 Å². The van der Waals surface area contributed by atoms with Crippen LogP contribution in [0.25, 0.3) is 0 Å². The monoisotopic (exact) mass is 372 g/mol. The zero-order valence-corrected chi connectivity index (χ0v) is 16.5. The van der Waals surface area contributed by atoms with Crippen LogP contribution >= 0.6 is 0 Å². The van der Waals surface area contributed by atoms with E-state index in [0.717, 1.165) is 76.3 Å². The Balaban J connectivity index is 1.39. The maximum atomic E-state index is 12.6. The lowest BCUT2D eigenvalue weighted by molar-refractivity contribution is -0.133. The first-order valence-electron chi connectivity index (χ1n) is 10.7. The molecular formula is C21H32N4O2. The molecule has 2 atom stereocenters. The molecule has 1 aromatic rings. The first-order valence-corrected chi connectivity index (χ1v) is 10.7. The quantitative estimate of drug-likeness (QED) is 0.814. The Morgan fingerprint density at radius 1 is 1.11 bits per heavy atom. The number of amides is 1. The van der Waals surface area contributed by atoms with Crippen molar-refractivity contribution < 1.29 is 4.79 Å². The van der Waals surface area contributed by atoms with Crippen molar-refractivity contribution in [3.8, 4) is 0 Å². The van der Waals surface area contributed by atoms with E-state index in [0.29, 0.717) is 12.5 Å². The summed E-state index contributed by atoms with van der Waals surface area (Å²) in [5.41, 5.74) is 1.04. The zero-order chi connectivity index (χ0) is 18.8. The van der Waals surface area contributed by atoms with Crippen molar-refractivity contribution in [2.75, 3.05) is 32.7 Å². The summed E-state index contributed by atoms with van der Waals surface area (Å²) in [6.07, 6.45) is 7.61. The second-order valence-corrected chi connectivity index (χ2v) is 8.71. The summed E-state index contributed by atoms with van der Waals surface area (Å²) in [6, 6.07) is 1.75. The van der Waals surface area contributed by atoms with Crippen LogP contribution in [0.15, 0.2) is 10.9 Å². The molecule has 3 aliphatic heterocycles. The molecule has 0 radical (unpaired) electrons. The molecule has 27 heavy (non-hydrogen) atoms. The molecule has 1 aromatic heterocycles. The fraction of sp³-hybridized carbons (Fsp3) is 0.762. The Bertz CT molecular complexity index is 744. The normalized spacial score (nSPS) is 26.6. The first-order chi connectivity index (χ1) is 13.1. The molecule has 2 saturated heterocycles. The van der Waals surface area contributed by atoms with Gasteiger partial charge in [0.15, 0.2) is 0 Å². The van der Waals surface area contributed by atoms with Gasteiger partial charge < -0.3 is 4.90 Å². The van der Waals surface area contributed by atoms with Gasteiger partial charge in [0.25, 0.3) is 5.56 Å². The highest BCUT2D eigenvalue weighted by Gasteiger charge is 2.29. The lowest BCUT2D eigenvalue weighted by Gasteiger charge is -2.32. The first kappa shape index (κ1) is 18.7. The molecule has 4 heterocycles. The SMILES string of the molecule is C[C@H]1CCCN(C(=O)CN2CC[C@H](c3cc(=O)n4c(n3)CCCCC4)C2)C1. The van der Waals surface area contributed by atoms with E-state index in [1.54, 1.807) is 6.07 Å². The molecule has 0 bridgehead atoms. The maximum Gasteiger partial charge on any atom is 0.253 e. The van der Waals surface area contributed by atoms with Crippen LogP contribution in [-0.4, -0.2) is 58.0 Å². The van der Waals surface area contributed by atoms with Crippen molar-refractivity contribution in [1.82, 2.24) is 19.4 Å². The summed E-state index contributed by atoms with van der Waals surface area (Å²) < 4.78 is 1.87. The molecule has 148 valence electrons. The predicted octanol–water partition coefficient (Wildman–Crippen LogP) is 2.02. The summed E-state index contributed by atoms with van der Waals surface area (Å²) in [5, 5.41) is 0. The Morgan fingerprint density at radius 3 is 2.85 bits per heavy atom. The summed E-state index contributed by atoms with van der Waals surface area (Å²) in [5.74, 6) is 2.12. The molecule has 0 aromatic carbocycles. The zero-order valence-electron chi connectivity index (χ0n) is 16.5. The molecule has 1 amide bonds. The third-order valence-electron chi connectivity index (χ3n) is 6.45. The minimum Gasteiger partial charge on any atom is -0.341 e. The van der Waals surface area contributed by atoms with E-state index in [2.05, 4.69) is 11.8 Å². The number of aromatic nitrogens is 2. The Hall–Kier alpha value is -1.69. The number of likely N-dealkylation sites (tertiary alicyclic amines) is 2. The van der Waals surface area contributed by atoms with Crippen LogP contribution in [-0.2, 0) is 17.8 Å². The lowest BCUT2D eigenvalue weighted by atomic mass is 10.0. The molecule has 6 heteroatoms. The molecule has 0 unspecified atom stereocenters. The number of hydrogen-bond donors (Lipinski definition) is 0. The topological polar surface area (TPSA) is 58.4 Å². The number of carbonyl (C=O) groups is 1. The van der Waals surface area contributed by atoms with Gasteiger partial charge in [-0.05, 0) is 44.6 Å². The van der Waals surface area contributed by atoms with E-state index >= 15 is 0 Å². The van der Waals surface area contributed by atoms with E-state index in [4.69, 9.17) is 4.98 Å². The van der Waals surface area contributed by atoms with Crippen molar-refractivity contribution in [3.63, 3.8) is 0 Å². The third-order valence-corrected chi connectivity index (χ3v) is 6.45. The molecule has 3 aliphatic rings. The molecule has 2 fully saturated rings. The summed E-state index contributed by atoms with van der Waals surface area (Å²) >= 11 is 0. The number of fused-ring (bicyclic) bond motifs is 1. The van der Waals surface area contributed by atoms with Gasteiger partial charge in [0.2, 0.25) is 5.91 Å². The second kappa shape index (κ2) is 8.13. The van der Waals surface area contributed by atoms with Gasteiger partial charge in [0, 0.05) is 44.6 Å². The molecule has 0 spiro atoms. The fourth-order valence-corrected chi connectivity index (χ4v) is 4.87. The van der Waals surface area contributed by atoms with Crippen LogP contribution in [0.5, 0.6) is 0 Å². The number of nitrogens with zero attached hydrogens (tertiary/aromatic N) is 4. The number of hydrogen-bond acceptors (Lipinski definition) is 4. The van der Waals surface area contributed by atoms with E-state index in [9.17, 15) is 9.59 Å². The largest absolute Gasteiger partial charge is 0.341 e. The van der Waals surface area contributed by atoms with Crippen molar-refractivity contribution >= 4 is 5.91 Å². The van der Waals surface area contributed by atoms with Gasteiger partial charge >= 0.3 is 0 Å². The molecule has 0 saturated carbocycles. The van der Waals surface area contributed by atoms with Crippen LogP contribution in [0, 0.1) is 5.92 Å². The van der Waals surface area contributed by atoms with E-state index < -0.39 is 0 Å². The van der Waals surface area contributed by atoms with E-state index in [1.165, 1.54) is 12.8 Å². The fourth-order valence-electron chi connectivity index (χ4n) is 4.87. The number of carbonyl (C=O) groups excluding carboxylic acids is 1. The highest BCUT2D eigenvalue weighted by Crippen LogP contribution is 2.26. The molecule has 0 aliphatic carbocycles. The minimum absolute atomic E-state index is 0.105. The van der Waals surface area contributed by atoms with Crippen LogP contribution in [0.4, 0.5) is 0 Å². The van der Waals surface area contributed by atoms with Gasteiger partial charge in [-0.15, -0.1) is 0 Å². The molecule has 6 nitrogen and oxygen atoms in total. The standard InChI is InChI=1S/C21H32N4O2/c1-16-6-5-9-24(13-16)21(27)15-23-11-8-17(14-23)18-12-20(26)25-10-4-2-3-7-19(25)22-18/h12,16-17H,2-11,13-15H2,1H3/t16-,17-/m0/s1. The van der Waals surface area contributed by atoms with Gasteiger partial charge in [0.05, 0.1) is 12.2 Å². The number of piperidine rings is 1. The van der Waals surface area contributed by atoms with Crippen LogP contribution < -0.4 is 5.56 Å². The van der Waals surface area contributed by atoms with Crippen LogP contribution in [0.3, 0.4) is 0 Å². The molecule has 4 rings (SSSR count). The summed E-state index contributed by atoms with van der Waals surface area (Å²) in [6.45, 7) is 7.11. The maximum absolute atomic E-state index is 12.6. The van der Waals surface area contributed by atoms with Crippen molar-refractivity contribution in [2.45, 2.75) is 64.3 Å². The van der Waals surface area contributed by atoms with Crippen LogP contribution in [0.2, 0.25) is 0 Å². The lowest BCUT2D eigenvalue weighted by Crippen LogP contribution is -2.44. The van der Waals surface area contributed by atoms with Crippen LogP contribution in [0.1, 0.15) is 62.9 Å². The average Bonchev–Trinajstić information content (AvgIpc) is 2.97. The van der Waals surface area contributed by atoms with Gasteiger partial charge in [-0.3, -0.25) is 19.1 Å². The Morgan fingerprint density at radius 2 is 2.00 bits per heavy atom. The predicted molar refractivity (Wildman–Crippen MR) is 105 cm³/mol. The smallest absolute Gasteiger partial charge is 0.253 e. The van der Waals surface area contributed by atoms with Gasteiger partial charge in [-0.2, -0.15) is 0 Å². The second-order valence-electron chi connectivity index (χ2n) is 8.71. The van der Waals surface area contributed by atoms with E-state index in [-0.39, 0.29) is 17.4 Å².